The second-order valence-electron chi connectivity index (χ2n) is 12.1. The lowest BCUT2D eigenvalue weighted by molar-refractivity contribution is 0.670. The Morgan fingerprint density at radius 1 is 0.388 bits per heavy atom. The Morgan fingerprint density at radius 2 is 0.980 bits per heavy atom. The fraction of sp³-hybridized carbons (Fsp3) is 0. The number of rotatable bonds is 4. The highest BCUT2D eigenvalue weighted by molar-refractivity contribution is 6.27. The van der Waals surface area contributed by atoms with Crippen LogP contribution in [0.4, 0.5) is 0 Å². The van der Waals surface area contributed by atoms with E-state index in [-0.39, 0.29) is 35.3 Å². The van der Waals surface area contributed by atoms with Gasteiger partial charge in [-0.25, -0.2) is 0 Å². The first-order chi connectivity index (χ1) is 28.5. The van der Waals surface area contributed by atoms with E-state index in [1.807, 2.05) is 84.9 Å². The van der Waals surface area contributed by atoms with Crippen molar-refractivity contribution in [3.63, 3.8) is 0 Å². The second-order valence-corrected chi connectivity index (χ2v) is 12.1. The Bertz CT molecular complexity index is 3400. The van der Waals surface area contributed by atoms with Crippen LogP contribution in [0, 0.1) is 0 Å². The predicted molar refractivity (Wildman–Crippen MR) is 208 cm³/mol. The molecule has 10 aromatic rings. The van der Waals surface area contributed by atoms with Crippen molar-refractivity contribution in [1.82, 2.24) is 0 Å². The van der Waals surface area contributed by atoms with Crippen LogP contribution in [0.5, 0.6) is 0 Å². The van der Waals surface area contributed by atoms with Crippen LogP contribution in [-0.4, -0.2) is 0 Å². The van der Waals surface area contributed by atoms with Crippen LogP contribution in [-0.2, 0) is 0 Å². The number of furan rings is 1. The highest BCUT2D eigenvalue weighted by atomic mass is 16.3. The molecule has 9 aromatic carbocycles. The van der Waals surface area contributed by atoms with E-state index in [0.717, 1.165) is 49.2 Å². The van der Waals surface area contributed by atoms with Gasteiger partial charge < -0.3 is 4.42 Å². The Kier molecular flexibility index (Phi) is 4.39. The molecule has 0 spiro atoms. The quantitative estimate of drug-likeness (QED) is 0.176. The highest BCUT2D eigenvalue weighted by Gasteiger charge is 2.22. The average Bonchev–Trinajstić information content (AvgIpc) is 3.66. The summed E-state index contributed by atoms with van der Waals surface area (Å²) < 4.78 is 93.4. The van der Waals surface area contributed by atoms with Gasteiger partial charge in [0.15, 0.2) is 0 Å². The zero-order chi connectivity index (χ0) is 41.0. The SMILES string of the molecule is [2H]c1c([2H])c([2H])c(-c2c3ccccc3c(-c3ccc(-c4c([2H])c([2H])c([2H])c([2H])c4[2H])c4oc5ccccc5c34)c3ccc(-c4ccc5ccccc5c4)cc23)c([2H])c1[2H]. The van der Waals surface area contributed by atoms with Gasteiger partial charge in [0, 0.05) is 16.3 Å². The van der Waals surface area contributed by atoms with Crippen molar-refractivity contribution in [3.05, 3.63) is 182 Å². The van der Waals surface area contributed by atoms with Crippen molar-refractivity contribution in [1.29, 1.82) is 0 Å². The topological polar surface area (TPSA) is 13.1 Å². The van der Waals surface area contributed by atoms with Crippen molar-refractivity contribution in [2.24, 2.45) is 0 Å². The van der Waals surface area contributed by atoms with Crippen LogP contribution in [0.25, 0.3) is 98.8 Å². The summed E-state index contributed by atoms with van der Waals surface area (Å²) >= 11 is 0. The third-order valence-electron chi connectivity index (χ3n) is 9.42. The zero-order valence-corrected chi connectivity index (χ0v) is 26.0. The van der Waals surface area contributed by atoms with Gasteiger partial charge in [0.05, 0.1) is 13.7 Å². The van der Waals surface area contributed by atoms with Crippen molar-refractivity contribution in [3.8, 4) is 44.5 Å². The van der Waals surface area contributed by atoms with Gasteiger partial charge >= 0.3 is 0 Å². The first-order valence-corrected chi connectivity index (χ1v) is 16.0. The Hall–Kier alpha value is -6.44. The molecule has 0 N–H and O–H groups in total. The molecule has 1 heteroatoms. The van der Waals surface area contributed by atoms with Gasteiger partial charge in [0.25, 0.3) is 0 Å². The van der Waals surface area contributed by atoms with Crippen LogP contribution in [0.1, 0.15) is 13.7 Å². The van der Waals surface area contributed by atoms with E-state index in [4.69, 9.17) is 18.1 Å². The van der Waals surface area contributed by atoms with Crippen molar-refractivity contribution < 1.29 is 18.1 Å². The molecule has 0 aliphatic rings. The lowest BCUT2D eigenvalue weighted by Crippen LogP contribution is -1.93. The minimum absolute atomic E-state index is 0.0258. The van der Waals surface area contributed by atoms with E-state index in [1.165, 1.54) is 0 Å². The molecule has 1 heterocycles. The molecule has 0 fully saturated rings. The van der Waals surface area contributed by atoms with E-state index in [9.17, 15) is 0 Å². The molecule has 1 nitrogen and oxygen atoms in total. The summed E-state index contributed by atoms with van der Waals surface area (Å²) in [4.78, 5) is 0. The molecule has 0 atom stereocenters. The Balaban J connectivity index is 1.37. The van der Waals surface area contributed by atoms with Gasteiger partial charge in [-0.3, -0.25) is 0 Å². The fourth-order valence-corrected chi connectivity index (χ4v) is 7.28. The smallest absolute Gasteiger partial charge is 0.143 e. The van der Waals surface area contributed by atoms with E-state index < -0.39 is 36.3 Å². The van der Waals surface area contributed by atoms with E-state index in [2.05, 4.69) is 30.3 Å². The van der Waals surface area contributed by atoms with Gasteiger partial charge in [-0.1, -0.05) is 157 Å². The summed E-state index contributed by atoms with van der Waals surface area (Å²) in [5.41, 5.74) is 5.21. The second kappa shape index (κ2) is 11.1. The molecule has 228 valence electrons. The standard InChI is InChI=1S/C48H30O/c1-3-14-32(15-4-1)37-27-28-42(47-41-21-11-12-22-44(41)49-48(37)47)46-39-20-10-9-19-38(39)45(33-16-5-2-6-17-33)43-30-36(25-26-40(43)46)35-24-23-31-13-7-8-18-34(31)29-35/h1-30H/i1D,2D,3D,4D,5D,6D,14D,15D,16D,17D. The summed E-state index contributed by atoms with van der Waals surface area (Å²) in [6.45, 7) is 0. The highest BCUT2D eigenvalue weighted by Crippen LogP contribution is 2.49. The summed E-state index contributed by atoms with van der Waals surface area (Å²) in [7, 11) is 0. The maximum Gasteiger partial charge on any atom is 0.143 e. The third kappa shape index (κ3) is 4.40. The van der Waals surface area contributed by atoms with Crippen LogP contribution in [0.2, 0.25) is 0 Å². The molecule has 1 aromatic heterocycles. The normalized spacial score (nSPS) is 14.5. The molecule has 0 unspecified atom stereocenters. The maximum atomic E-state index is 9.16. The minimum Gasteiger partial charge on any atom is -0.455 e. The van der Waals surface area contributed by atoms with Crippen LogP contribution < -0.4 is 0 Å². The summed E-state index contributed by atoms with van der Waals surface area (Å²) in [6, 6.07) is 35.1. The molecule has 49 heavy (non-hydrogen) atoms. The Morgan fingerprint density at radius 3 is 1.78 bits per heavy atom. The first kappa shape index (κ1) is 19.4. The number of hydrogen-bond donors (Lipinski definition) is 0. The van der Waals surface area contributed by atoms with Crippen molar-refractivity contribution in [2.75, 3.05) is 0 Å². The van der Waals surface area contributed by atoms with Gasteiger partial charge in [-0.15, -0.1) is 0 Å². The molecule has 0 aliphatic carbocycles. The number of hydrogen-bond acceptors (Lipinski definition) is 1. The largest absolute Gasteiger partial charge is 0.455 e. The number of benzene rings is 9. The lowest BCUT2D eigenvalue weighted by Gasteiger charge is -2.19. The molecule has 0 amide bonds. The van der Waals surface area contributed by atoms with Crippen molar-refractivity contribution in [2.45, 2.75) is 0 Å². The monoisotopic (exact) mass is 632 g/mol. The molecule has 0 saturated carbocycles. The van der Waals surface area contributed by atoms with Gasteiger partial charge in [0.1, 0.15) is 11.2 Å². The third-order valence-corrected chi connectivity index (χ3v) is 9.42. The molecule has 0 bridgehead atoms. The lowest BCUT2D eigenvalue weighted by atomic mass is 9.83. The van der Waals surface area contributed by atoms with Crippen LogP contribution in [0.3, 0.4) is 0 Å². The summed E-state index contributed by atoms with van der Waals surface area (Å²) in [5, 5.41) is 6.41. The average molecular weight is 633 g/mol. The first-order valence-electron chi connectivity index (χ1n) is 21.0. The molecule has 0 aliphatic heterocycles. The molecule has 0 radical (unpaired) electrons. The number of para-hydroxylation sites is 1. The predicted octanol–water partition coefficient (Wildman–Crippen LogP) is 13.7. The fourth-order valence-electron chi connectivity index (χ4n) is 7.28. The maximum absolute atomic E-state index is 9.16. The molecular formula is C48H30O. The van der Waals surface area contributed by atoms with E-state index in [1.54, 1.807) is 6.07 Å². The van der Waals surface area contributed by atoms with E-state index >= 15 is 0 Å². The van der Waals surface area contributed by atoms with Gasteiger partial charge in [-0.2, -0.15) is 0 Å². The minimum atomic E-state index is -0.485. The van der Waals surface area contributed by atoms with E-state index in [0.29, 0.717) is 38.5 Å². The molecule has 10 rings (SSSR count). The zero-order valence-electron chi connectivity index (χ0n) is 36.0. The van der Waals surface area contributed by atoms with Crippen LogP contribution >= 0.6 is 0 Å². The van der Waals surface area contributed by atoms with Crippen molar-refractivity contribution >= 4 is 54.3 Å². The molecular weight excluding hydrogens is 593 g/mol. The van der Waals surface area contributed by atoms with Gasteiger partial charge in [-0.05, 0) is 95.5 Å². The van der Waals surface area contributed by atoms with Gasteiger partial charge in [0.2, 0.25) is 0 Å². The summed E-state index contributed by atoms with van der Waals surface area (Å²) in [5.74, 6) is 0. The molecule has 0 saturated heterocycles. The van der Waals surface area contributed by atoms with Crippen LogP contribution in [0.15, 0.2) is 186 Å². The summed E-state index contributed by atoms with van der Waals surface area (Å²) in [6.07, 6.45) is 0. The Labute approximate surface area is 298 Å². The number of fused-ring (bicyclic) bond motifs is 6.